The Morgan fingerprint density at radius 1 is 1.00 bits per heavy atom. The van der Waals surface area contributed by atoms with E-state index in [1.54, 1.807) is 0 Å². The number of rotatable bonds is 8. The number of aliphatic hydroxyl groups is 1. The van der Waals surface area contributed by atoms with Gasteiger partial charge in [-0.1, -0.05) is 49.4 Å². The van der Waals surface area contributed by atoms with Crippen LogP contribution in [0.2, 0.25) is 0 Å². The molecule has 3 nitrogen and oxygen atoms in total. The zero-order valence-corrected chi connectivity index (χ0v) is 12.4. The minimum Gasteiger partial charge on any atom is -0.491 e. The summed E-state index contributed by atoms with van der Waals surface area (Å²) in [5.74, 6) is 0.767. The Hall–Kier alpha value is -1.84. The molecule has 0 aliphatic carbocycles. The van der Waals surface area contributed by atoms with E-state index < -0.39 is 6.10 Å². The first-order valence-corrected chi connectivity index (χ1v) is 7.32. The summed E-state index contributed by atoms with van der Waals surface area (Å²) in [5, 5.41) is 9.81. The van der Waals surface area contributed by atoms with Gasteiger partial charge >= 0.3 is 0 Å². The zero-order chi connectivity index (χ0) is 14.9. The quantitative estimate of drug-likeness (QED) is 0.752. The van der Waals surface area contributed by atoms with Gasteiger partial charge in [0, 0.05) is 0 Å². The lowest BCUT2D eigenvalue weighted by Gasteiger charge is -2.11. The molecule has 0 saturated carbocycles. The van der Waals surface area contributed by atoms with E-state index in [9.17, 15) is 5.11 Å². The van der Waals surface area contributed by atoms with E-state index in [-0.39, 0.29) is 0 Å². The average molecular weight is 286 g/mol. The molecule has 21 heavy (non-hydrogen) atoms. The highest BCUT2D eigenvalue weighted by Gasteiger charge is 2.05. The average Bonchev–Trinajstić information content (AvgIpc) is 2.55. The number of hydrogen-bond donors (Lipinski definition) is 1. The number of aliphatic hydroxyl groups excluding tert-OH is 1. The fraction of sp³-hybridized carbons (Fsp3) is 0.333. The Morgan fingerprint density at radius 2 is 1.81 bits per heavy atom. The second kappa shape index (κ2) is 8.45. The van der Waals surface area contributed by atoms with Crippen LogP contribution >= 0.6 is 0 Å². The number of ether oxygens (including phenoxy) is 2. The Bertz CT molecular complexity index is 525. The predicted octanol–water partition coefficient (Wildman–Crippen LogP) is 3.73. The van der Waals surface area contributed by atoms with Crippen LogP contribution in [0, 0.1) is 0 Å². The van der Waals surface area contributed by atoms with Crippen LogP contribution in [0.5, 0.6) is 5.75 Å². The van der Waals surface area contributed by atoms with E-state index in [0.717, 1.165) is 16.9 Å². The molecule has 0 saturated heterocycles. The van der Waals surface area contributed by atoms with E-state index >= 15 is 0 Å². The first-order chi connectivity index (χ1) is 10.3. The lowest BCUT2D eigenvalue weighted by atomic mass is 10.1. The summed E-state index contributed by atoms with van der Waals surface area (Å²) in [7, 11) is 0. The summed E-state index contributed by atoms with van der Waals surface area (Å²) in [6.45, 7) is 3.59. The van der Waals surface area contributed by atoms with Gasteiger partial charge in [-0.05, 0) is 29.7 Å². The van der Waals surface area contributed by atoms with Crippen LogP contribution in [0.1, 0.15) is 30.6 Å². The largest absolute Gasteiger partial charge is 0.491 e. The normalized spacial score (nSPS) is 12.1. The van der Waals surface area contributed by atoms with Crippen LogP contribution < -0.4 is 4.74 Å². The maximum atomic E-state index is 9.81. The van der Waals surface area contributed by atoms with E-state index in [1.807, 2.05) is 61.5 Å². The molecule has 0 fully saturated rings. The van der Waals surface area contributed by atoms with E-state index in [0.29, 0.717) is 26.2 Å². The van der Waals surface area contributed by atoms with Crippen LogP contribution in [-0.2, 0) is 11.3 Å². The third kappa shape index (κ3) is 5.21. The van der Waals surface area contributed by atoms with E-state index in [4.69, 9.17) is 9.47 Å². The molecule has 112 valence electrons. The van der Waals surface area contributed by atoms with E-state index in [1.165, 1.54) is 0 Å². The first kappa shape index (κ1) is 15.5. The number of hydrogen-bond acceptors (Lipinski definition) is 3. The molecule has 0 spiro atoms. The third-order valence-electron chi connectivity index (χ3n) is 3.24. The summed E-state index contributed by atoms with van der Waals surface area (Å²) in [5.41, 5.74) is 2.05. The lowest BCUT2D eigenvalue weighted by Crippen LogP contribution is -2.07. The molecule has 1 atom stereocenters. The van der Waals surface area contributed by atoms with Crippen molar-refractivity contribution in [3.8, 4) is 5.75 Å². The second-order valence-corrected chi connectivity index (χ2v) is 4.88. The van der Waals surface area contributed by atoms with Crippen molar-refractivity contribution in [3.63, 3.8) is 0 Å². The van der Waals surface area contributed by atoms with Gasteiger partial charge in [0.1, 0.15) is 12.4 Å². The van der Waals surface area contributed by atoms with Crippen molar-refractivity contribution in [2.45, 2.75) is 26.1 Å². The molecule has 0 aromatic heterocycles. The van der Waals surface area contributed by atoms with Crippen molar-refractivity contribution in [3.05, 3.63) is 65.7 Å². The predicted molar refractivity (Wildman–Crippen MR) is 83.3 cm³/mol. The molecular formula is C18H22O3. The zero-order valence-electron chi connectivity index (χ0n) is 12.4. The molecule has 1 N–H and O–H groups in total. The highest BCUT2D eigenvalue weighted by atomic mass is 16.5. The molecule has 2 rings (SSSR count). The van der Waals surface area contributed by atoms with Crippen molar-refractivity contribution >= 4 is 0 Å². The Kier molecular flexibility index (Phi) is 6.25. The SMILES string of the molecule is CCC(O)c1cccc(OCCOCc2ccccc2)c1. The van der Waals surface area contributed by atoms with Crippen molar-refractivity contribution in [2.24, 2.45) is 0 Å². The van der Waals surface area contributed by atoms with E-state index in [2.05, 4.69) is 0 Å². The molecule has 0 amide bonds. The molecule has 2 aromatic rings. The van der Waals surface area contributed by atoms with Crippen LogP contribution in [0.4, 0.5) is 0 Å². The topological polar surface area (TPSA) is 38.7 Å². The van der Waals surface area contributed by atoms with Gasteiger partial charge in [-0.2, -0.15) is 0 Å². The molecule has 0 aliphatic heterocycles. The first-order valence-electron chi connectivity index (χ1n) is 7.32. The van der Waals surface area contributed by atoms with Gasteiger partial charge in [0.15, 0.2) is 0 Å². The van der Waals surface area contributed by atoms with Gasteiger partial charge in [0.25, 0.3) is 0 Å². The van der Waals surface area contributed by atoms with Crippen molar-refractivity contribution < 1.29 is 14.6 Å². The molecule has 0 heterocycles. The summed E-state index contributed by atoms with van der Waals surface area (Å²) in [6.07, 6.45) is 0.270. The fourth-order valence-corrected chi connectivity index (χ4v) is 2.03. The summed E-state index contributed by atoms with van der Waals surface area (Å²) < 4.78 is 11.2. The Labute approximate surface area is 126 Å². The highest BCUT2D eigenvalue weighted by molar-refractivity contribution is 5.29. The van der Waals surface area contributed by atoms with Gasteiger partial charge in [0.2, 0.25) is 0 Å². The maximum Gasteiger partial charge on any atom is 0.119 e. The summed E-state index contributed by atoms with van der Waals surface area (Å²) in [6, 6.07) is 17.6. The van der Waals surface area contributed by atoms with Gasteiger partial charge < -0.3 is 14.6 Å². The number of benzene rings is 2. The lowest BCUT2D eigenvalue weighted by molar-refractivity contribution is 0.0887. The summed E-state index contributed by atoms with van der Waals surface area (Å²) in [4.78, 5) is 0. The molecule has 2 aromatic carbocycles. The van der Waals surface area contributed by atoms with Crippen molar-refractivity contribution in [1.29, 1.82) is 0 Å². The molecule has 0 radical (unpaired) electrons. The van der Waals surface area contributed by atoms with Gasteiger partial charge in [-0.3, -0.25) is 0 Å². The van der Waals surface area contributed by atoms with Crippen molar-refractivity contribution in [2.75, 3.05) is 13.2 Å². The summed E-state index contributed by atoms with van der Waals surface area (Å²) >= 11 is 0. The van der Waals surface area contributed by atoms with Crippen LogP contribution in [-0.4, -0.2) is 18.3 Å². The minimum absolute atomic E-state index is 0.428. The van der Waals surface area contributed by atoms with Crippen molar-refractivity contribution in [1.82, 2.24) is 0 Å². The smallest absolute Gasteiger partial charge is 0.119 e. The molecule has 1 unspecified atom stereocenters. The monoisotopic (exact) mass is 286 g/mol. The Balaban J connectivity index is 1.71. The minimum atomic E-state index is -0.428. The van der Waals surface area contributed by atoms with Gasteiger partial charge in [-0.15, -0.1) is 0 Å². The van der Waals surface area contributed by atoms with Crippen LogP contribution in [0.25, 0.3) is 0 Å². The second-order valence-electron chi connectivity index (χ2n) is 4.88. The van der Waals surface area contributed by atoms with Gasteiger partial charge in [0.05, 0.1) is 19.3 Å². The van der Waals surface area contributed by atoms with Crippen LogP contribution in [0.3, 0.4) is 0 Å². The molecule has 0 bridgehead atoms. The molecular weight excluding hydrogens is 264 g/mol. The molecule has 0 aliphatic rings. The fourth-order valence-electron chi connectivity index (χ4n) is 2.03. The standard InChI is InChI=1S/C18H22O3/c1-2-18(19)16-9-6-10-17(13-16)21-12-11-20-14-15-7-4-3-5-8-15/h3-10,13,18-19H,2,11-12,14H2,1H3. The molecule has 3 heteroatoms. The highest BCUT2D eigenvalue weighted by Crippen LogP contribution is 2.21. The van der Waals surface area contributed by atoms with Crippen LogP contribution in [0.15, 0.2) is 54.6 Å². The van der Waals surface area contributed by atoms with Gasteiger partial charge in [-0.25, -0.2) is 0 Å². The Morgan fingerprint density at radius 3 is 2.57 bits per heavy atom. The maximum absolute atomic E-state index is 9.81. The third-order valence-corrected chi connectivity index (χ3v) is 3.24.